The molecule has 0 amide bonds. The Labute approximate surface area is 91.2 Å². The second kappa shape index (κ2) is 6.00. The van der Waals surface area contributed by atoms with E-state index in [0.717, 1.165) is 12.1 Å². The lowest BCUT2D eigenvalue weighted by molar-refractivity contribution is 0.633. The summed E-state index contributed by atoms with van der Waals surface area (Å²) in [6, 6.07) is 10.2. The zero-order chi connectivity index (χ0) is 11.1. The van der Waals surface area contributed by atoms with E-state index in [4.69, 9.17) is 5.26 Å². The Morgan fingerprint density at radius 2 is 2.27 bits per heavy atom. The molecular weight excluding hydrogens is 184 g/mol. The average molecular weight is 200 g/mol. The van der Waals surface area contributed by atoms with Crippen LogP contribution in [0.2, 0.25) is 0 Å². The molecule has 0 aliphatic rings. The summed E-state index contributed by atoms with van der Waals surface area (Å²) in [6.07, 6.45) is 4.09. The van der Waals surface area contributed by atoms with Crippen molar-refractivity contribution in [1.82, 2.24) is 5.32 Å². The first-order chi connectivity index (χ1) is 7.22. The molecule has 1 rings (SSSR count). The molecule has 1 aromatic rings. The third kappa shape index (κ3) is 4.44. The Morgan fingerprint density at radius 3 is 2.93 bits per heavy atom. The maximum atomic E-state index is 8.72. The molecule has 0 aliphatic heterocycles. The normalized spacial score (nSPS) is 10.8. The Morgan fingerprint density at radius 1 is 1.47 bits per heavy atom. The quantitative estimate of drug-likeness (QED) is 0.810. The van der Waals surface area contributed by atoms with Crippen molar-refractivity contribution in [1.29, 1.82) is 5.26 Å². The average Bonchev–Trinajstić information content (AvgIpc) is 2.24. The second-order valence-corrected chi connectivity index (χ2v) is 3.70. The van der Waals surface area contributed by atoms with Crippen LogP contribution in [0.5, 0.6) is 0 Å². The summed E-state index contributed by atoms with van der Waals surface area (Å²) in [5, 5.41) is 12.0. The number of benzene rings is 1. The minimum absolute atomic E-state index is 0.500. The molecule has 78 valence electrons. The van der Waals surface area contributed by atoms with Crippen LogP contribution in [0.4, 0.5) is 0 Å². The van der Waals surface area contributed by atoms with Crippen molar-refractivity contribution in [2.24, 2.45) is 0 Å². The Bertz CT molecular complexity index is 372. The van der Waals surface area contributed by atoms with E-state index < -0.39 is 0 Å². The summed E-state index contributed by atoms with van der Waals surface area (Å²) < 4.78 is 0. The van der Waals surface area contributed by atoms with Crippen LogP contribution in [0.1, 0.15) is 25.0 Å². The van der Waals surface area contributed by atoms with Gasteiger partial charge in [0, 0.05) is 12.6 Å². The highest BCUT2D eigenvalue weighted by Crippen LogP contribution is 2.05. The Balaban J connectivity index is 2.53. The van der Waals surface area contributed by atoms with Gasteiger partial charge in [-0.05, 0) is 17.7 Å². The first kappa shape index (κ1) is 11.5. The van der Waals surface area contributed by atoms with Crippen LogP contribution < -0.4 is 5.32 Å². The van der Waals surface area contributed by atoms with E-state index in [0.29, 0.717) is 11.6 Å². The van der Waals surface area contributed by atoms with Crippen molar-refractivity contribution in [3.8, 4) is 6.07 Å². The van der Waals surface area contributed by atoms with Gasteiger partial charge in [0.05, 0.1) is 11.6 Å². The van der Waals surface area contributed by atoms with Crippen molar-refractivity contribution in [2.75, 3.05) is 6.54 Å². The fourth-order valence-corrected chi connectivity index (χ4v) is 1.21. The molecule has 0 atom stereocenters. The van der Waals surface area contributed by atoms with E-state index in [2.05, 4.69) is 31.3 Å². The van der Waals surface area contributed by atoms with Gasteiger partial charge < -0.3 is 5.32 Å². The Kier molecular flexibility index (Phi) is 4.59. The lowest BCUT2D eigenvalue weighted by atomic mass is 10.1. The minimum atomic E-state index is 0.500. The zero-order valence-electron chi connectivity index (χ0n) is 9.20. The standard InChI is InChI=1S/C13H16N2/c1-11(2)15-8-4-7-12-5-3-6-13(9-12)10-14/h3-7,9,11,15H,8H2,1-2H3. The molecule has 0 heterocycles. The van der Waals surface area contributed by atoms with Crippen LogP contribution in [0.25, 0.3) is 6.08 Å². The monoisotopic (exact) mass is 200 g/mol. The van der Waals surface area contributed by atoms with Gasteiger partial charge in [0.1, 0.15) is 0 Å². The highest BCUT2D eigenvalue weighted by Gasteiger charge is 1.91. The van der Waals surface area contributed by atoms with Gasteiger partial charge in [0.15, 0.2) is 0 Å². The number of hydrogen-bond acceptors (Lipinski definition) is 2. The third-order valence-electron chi connectivity index (χ3n) is 1.97. The third-order valence-corrected chi connectivity index (χ3v) is 1.97. The minimum Gasteiger partial charge on any atom is -0.311 e. The van der Waals surface area contributed by atoms with Gasteiger partial charge in [0.25, 0.3) is 0 Å². The Hall–Kier alpha value is -1.59. The summed E-state index contributed by atoms with van der Waals surface area (Å²) in [7, 11) is 0. The molecule has 0 unspecified atom stereocenters. The van der Waals surface area contributed by atoms with Crippen molar-refractivity contribution < 1.29 is 0 Å². The lowest BCUT2D eigenvalue weighted by Gasteiger charge is -2.03. The highest BCUT2D eigenvalue weighted by atomic mass is 14.9. The van der Waals surface area contributed by atoms with Gasteiger partial charge in [0.2, 0.25) is 0 Å². The van der Waals surface area contributed by atoms with Gasteiger partial charge in [-0.25, -0.2) is 0 Å². The fourth-order valence-electron chi connectivity index (χ4n) is 1.21. The molecule has 0 saturated heterocycles. The van der Waals surface area contributed by atoms with Gasteiger partial charge in [-0.15, -0.1) is 0 Å². The van der Waals surface area contributed by atoms with Crippen LogP contribution in [0, 0.1) is 11.3 Å². The molecule has 0 saturated carbocycles. The van der Waals surface area contributed by atoms with Gasteiger partial charge in [-0.3, -0.25) is 0 Å². The molecule has 2 nitrogen and oxygen atoms in total. The highest BCUT2D eigenvalue weighted by molar-refractivity contribution is 5.52. The van der Waals surface area contributed by atoms with Crippen LogP contribution in [-0.2, 0) is 0 Å². The van der Waals surface area contributed by atoms with Crippen LogP contribution in [-0.4, -0.2) is 12.6 Å². The van der Waals surface area contributed by atoms with Crippen molar-refractivity contribution in [3.05, 3.63) is 41.5 Å². The smallest absolute Gasteiger partial charge is 0.0991 e. The van der Waals surface area contributed by atoms with Crippen LogP contribution in [0.3, 0.4) is 0 Å². The number of hydrogen-bond donors (Lipinski definition) is 1. The van der Waals surface area contributed by atoms with E-state index in [-0.39, 0.29) is 0 Å². The predicted molar refractivity (Wildman–Crippen MR) is 63.3 cm³/mol. The van der Waals surface area contributed by atoms with Crippen LogP contribution in [0.15, 0.2) is 30.3 Å². The molecule has 0 spiro atoms. The maximum Gasteiger partial charge on any atom is 0.0991 e. The maximum absolute atomic E-state index is 8.72. The fraction of sp³-hybridized carbons (Fsp3) is 0.308. The molecule has 0 radical (unpaired) electrons. The molecule has 0 aromatic heterocycles. The first-order valence-corrected chi connectivity index (χ1v) is 5.12. The van der Waals surface area contributed by atoms with E-state index in [1.165, 1.54) is 0 Å². The van der Waals surface area contributed by atoms with Crippen molar-refractivity contribution in [2.45, 2.75) is 19.9 Å². The van der Waals surface area contributed by atoms with Crippen molar-refractivity contribution >= 4 is 6.08 Å². The molecule has 0 bridgehead atoms. The van der Waals surface area contributed by atoms with Gasteiger partial charge in [-0.2, -0.15) is 5.26 Å². The van der Waals surface area contributed by atoms with Gasteiger partial charge >= 0.3 is 0 Å². The molecule has 1 N–H and O–H groups in total. The number of nitriles is 1. The molecule has 0 fully saturated rings. The first-order valence-electron chi connectivity index (χ1n) is 5.12. The van der Waals surface area contributed by atoms with Crippen LogP contribution >= 0.6 is 0 Å². The van der Waals surface area contributed by atoms with E-state index in [1.54, 1.807) is 0 Å². The molecular formula is C13H16N2. The van der Waals surface area contributed by atoms with E-state index in [1.807, 2.05) is 30.3 Å². The SMILES string of the molecule is CC(C)NCC=Cc1cccc(C#N)c1. The molecule has 1 aromatic carbocycles. The lowest BCUT2D eigenvalue weighted by Crippen LogP contribution is -2.22. The van der Waals surface area contributed by atoms with E-state index in [9.17, 15) is 0 Å². The predicted octanol–water partition coefficient (Wildman–Crippen LogP) is 2.57. The molecule has 0 aliphatic carbocycles. The zero-order valence-corrected chi connectivity index (χ0v) is 9.20. The topological polar surface area (TPSA) is 35.8 Å². The summed E-state index contributed by atoms with van der Waals surface area (Å²) in [5.74, 6) is 0. The number of nitrogens with zero attached hydrogens (tertiary/aromatic N) is 1. The van der Waals surface area contributed by atoms with E-state index >= 15 is 0 Å². The summed E-state index contributed by atoms with van der Waals surface area (Å²) >= 11 is 0. The largest absolute Gasteiger partial charge is 0.311 e. The molecule has 15 heavy (non-hydrogen) atoms. The number of rotatable bonds is 4. The second-order valence-electron chi connectivity index (χ2n) is 3.70. The summed E-state index contributed by atoms with van der Waals surface area (Å²) in [6.45, 7) is 5.09. The summed E-state index contributed by atoms with van der Waals surface area (Å²) in [5.41, 5.74) is 1.77. The van der Waals surface area contributed by atoms with Gasteiger partial charge in [-0.1, -0.05) is 38.1 Å². The van der Waals surface area contributed by atoms with Crippen molar-refractivity contribution in [3.63, 3.8) is 0 Å². The molecule has 2 heteroatoms. The number of nitrogens with one attached hydrogen (secondary N) is 1. The summed E-state index contributed by atoms with van der Waals surface area (Å²) in [4.78, 5) is 0.